The van der Waals surface area contributed by atoms with Gasteiger partial charge in [0.25, 0.3) is 5.69 Å². The molecule has 20 heavy (non-hydrogen) atoms. The van der Waals surface area contributed by atoms with Crippen molar-refractivity contribution in [3.05, 3.63) is 27.9 Å². The third-order valence-corrected chi connectivity index (χ3v) is 4.44. The summed E-state index contributed by atoms with van der Waals surface area (Å²) in [5.74, 6) is 0.624. The summed E-state index contributed by atoms with van der Waals surface area (Å²) in [4.78, 5) is 17.4. The molecule has 2 fully saturated rings. The number of nitro groups is 1. The fourth-order valence-corrected chi connectivity index (χ4v) is 3.35. The first-order valence-corrected chi connectivity index (χ1v) is 7.25. The number of hydrogen-bond donors (Lipinski definition) is 1. The molecule has 0 aromatic carbocycles. The number of hydrogen-bond acceptors (Lipinski definition) is 5. The Morgan fingerprint density at radius 1 is 1.45 bits per heavy atom. The average Bonchev–Trinajstić information content (AvgIpc) is 2.88. The van der Waals surface area contributed by atoms with E-state index in [-0.39, 0.29) is 10.6 Å². The van der Waals surface area contributed by atoms with Crippen LogP contribution < -0.4 is 5.32 Å². The zero-order valence-electron chi connectivity index (χ0n) is 11.7. The molecule has 0 aliphatic carbocycles. The Morgan fingerprint density at radius 3 is 3.10 bits per heavy atom. The monoisotopic (exact) mass is 276 g/mol. The van der Waals surface area contributed by atoms with Crippen molar-refractivity contribution in [3.63, 3.8) is 0 Å². The van der Waals surface area contributed by atoms with Crippen LogP contribution in [-0.4, -0.2) is 40.0 Å². The van der Waals surface area contributed by atoms with Gasteiger partial charge in [0, 0.05) is 30.4 Å². The lowest BCUT2D eigenvalue weighted by Gasteiger charge is -2.35. The van der Waals surface area contributed by atoms with Crippen molar-refractivity contribution in [2.75, 3.05) is 18.4 Å². The predicted octanol–water partition coefficient (Wildman–Crippen LogP) is 2.34. The van der Waals surface area contributed by atoms with Gasteiger partial charge in [0.15, 0.2) is 0 Å². The van der Waals surface area contributed by atoms with Crippen LogP contribution in [0.4, 0.5) is 11.5 Å². The van der Waals surface area contributed by atoms with Gasteiger partial charge in [0.05, 0.1) is 11.0 Å². The van der Waals surface area contributed by atoms with Crippen molar-refractivity contribution in [2.24, 2.45) is 0 Å². The molecule has 2 aliphatic rings. The first-order valence-electron chi connectivity index (χ1n) is 7.25. The van der Waals surface area contributed by atoms with Gasteiger partial charge in [-0.3, -0.25) is 10.1 Å². The van der Waals surface area contributed by atoms with Gasteiger partial charge in [-0.1, -0.05) is 0 Å². The number of aromatic nitrogens is 1. The molecule has 1 aromatic rings. The lowest BCUT2D eigenvalue weighted by Crippen LogP contribution is -2.42. The van der Waals surface area contributed by atoms with Crippen LogP contribution in [0.1, 0.15) is 31.2 Å². The zero-order chi connectivity index (χ0) is 14.1. The van der Waals surface area contributed by atoms with Crippen LogP contribution in [0.3, 0.4) is 0 Å². The molecule has 6 nitrogen and oxygen atoms in total. The second-order valence-electron chi connectivity index (χ2n) is 5.81. The summed E-state index contributed by atoms with van der Waals surface area (Å²) in [7, 11) is 0. The van der Waals surface area contributed by atoms with Crippen LogP contribution in [0, 0.1) is 17.0 Å². The van der Waals surface area contributed by atoms with Crippen molar-refractivity contribution >= 4 is 11.5 Å². The molecule has 0 radical (unpaired) electrons. The molecule has 2 saturated heterocycles. The molecule has 108 valence electrons. The highest BCUT2D eigenvalue weighted by Crippen LogP contribution is 2.29. The summed E-state index contributed by atoms with van der Waals surface area (Å²) < 4.78 is 0. The van der Waals surface area contributed by atoms with Crippen LogP contribution in [0.2, 0.25) is 0 Å². The van der Waals surface area contributed by atoms with Gasteiger partial charge in [-0.05, 0) is 39.2 Å². The molecule has 6 heteroatoms. The Kier molecular flexibility index (Phi) is 3.56. The zero-order valence-corrected chi connectivity index (χ0v) is 11.7. The van der Waals surface area contributed by atoms with E-state index in [9.17, 15) is 10.1 Å². The number of nitrogens with zero attached hydrogens (tertiary/aromatic N) is 3. The minimum Gasteiger partial charge on any atom is -0.367 e. The fraction of sp³-hybridized carbons (Fsp3) is 0.643. The summed E-state index contributed by atoms with van der Waals surface area (Å²) in [5.41, 5.74) is 0.743. The molecule has 3 rings (SSSR count). The van der Waals surface area contributed by atoms with Gasteiger partial charge in [-0.15, -0.1) is 0 Å². The van der Waals surface area contributed by atoms with E-state index in [2.05, 4.69) is 15.2 Å². The number of pyridine rings is 1. The first-order chi connectivity index (χ1) is 9.63. The number of aryl methyl sites for hydroxylation is 1. The van der Waals surface area contributed by atoms with Crippen LogP contribution in [0.15, 0.2) is 12.3 Å². The molecule has 2 atom stereocenters. The summed E-state index contributed by atoms with van der Waals surface area (Å²) in [6.07, 6.45) is 6.35. The van der Waals surface area contributed by atoms with Gasteiger partial charge >= 0.3 is 0 Å². The van der Waals surface area contributed by atoms with E-state index in [4.69, 9.17) is 0 Å². The number of piperidine rings is 1. The predicted molar refractivity (Wildman–Crippen MR) is 76.9 cm³/mol. The van der Waals surface area contributed by atoms with Crippen LogP contribution in [0.25, 0.3) is 0 Å². The van der Waals surface area contributed by atoms with Crippen molar-refractivity contribution in [1.29, 1.82) is 0 Å². The van der Waals surface area contributed by atoms with Gasteiger partial charge in [0.1, 0.15) is 5.82 Å². The number of fused-ring (bicyclic) bond motifs is 1. The van der Waals surface area contributed by atoms with E-state index >= 15 is 0 Å². The van der Waals surface area contributed by atoms with E-state index < -0.39 is 0 Å². The van der Waals surface area contributed by atoms with Crippen LogP contribution in [0.5, 0.6) is 0 Å². The molecule has 2 unspecified atom stereocenters. The highest BCUT2D eigenvalue weighted by atomic mass is 16.6. The minimum absolute atomic E-state index is 0.140. The second kappa shape index (κ2) is 5.36. The molecular weight excluding hydrogens is 256 g/mol. The molecule has 1 N–H and O–H groups in total. The van der Waals surface area contributed by atoms with E-state index in [1.54, 1.807) is 19.2 Å². The Morgan fingerprint density at radius 2 is 2.30 bits per heavy atom. The maximum absolute atomic E-state index is 11.0. The molecule has 3 heterocycles. The SMILES string of the molecule is Cc1cnc(NC2CCN3CCCC3C2)cc1[N+](=O)[O-]. The van der Waals surface area contributed by atoms with Crippen molar-refractivity contribution < 1.29 is 4.92 Å². The largest absolute Gasteiger partial charge is 0.367 e. The van der Waals surface area contributed by atoms with Crippen molar-refractivity contribution in [3.8, 4) is 0 Å². The van der Waals surface area contributed by atoms with Gasteiger partial charge in [-0.25, -0.2) is 4.98 Å². The smallest absolute Gasteiger partial charge is 0.277 e. The highest BCUT2D eigenvalue weighted by molar-refractivity contribution is 5.49. The van der Waals surface area contributed by atoms with E-state index in [1.807, 2.05) is 0 Å². The molecular formula is C14H20N4O2. The standard InChI is InChI=1S/C14H20N4O2/c1-10-9-15-14(8-13(10)18(19)20)16-11-4-6-17-5-2-3-12(17)7-11/h8-9,11-12H,2-7H2,1H3,(H,15,16). The fourth-order valence-electron chi connectivity index (χ4n) is 3.35. The van der Waals surface area contributed by atoms with E-state index in [0.717, 1.165) is 19.4 Å². The quantitative estimate of drug-likeness (QED) is 0.677. The Balaban J connectivity index is 1.68. The normalized spacial score (nSPS) is 26.2. The van der Waals surface area contributed by atoms with Gasteiger partial charge in [-0.2, -0.15) is 0 Å². The topological polar surface area (TPSA) is 71.3 Å². The molecule has 0 amide bonds. The summed E-state index contributed by atoms with van der Waals surface area (Å²) >= 11 is 0. The molecule has 1 aromatic heterocycles. The molecule has 0 spiro atoms. The third-order valence-electron chi connectivity index (χ3n) is 4.44. The van der Waals surface area contributed by atoms with E-state index in [1.165, 1.54) is 19.4 Å². The summed E-state index contributed by atoms with van der Waals surface area (Å²) in [6, 6.07) is 2.61. The van der Waals surface area contributed by atoms with Crippen LogP contribution in [-0.2, 0) is 0 Å². The van der Waals surface area contributed by atoms with Gasteiger partial charge in [0.2, 0.25) is 0 Å². The first kappa shape index (κ1) is 13.3. The summed E-state index contributed by atoms with van der Waals surface area (Å²) in [6.45, 7) is 4.06. The Bertz CT molecular complexity index is 520. The second-order valence-corrected chi connectivity index (χ2v) is 5.81. The Hall–Kier alpha value is -1.69. The van der Waals surface area contributed by atoms with E-state index in [0.29, 0.717) is 23.5 Å². The summed E-state index contributed by atoms with van der Waals surface area (Å²) in [5, 5.41) is 14.3. The Labute approximate surface area is 118 Å². The molecule has 0 saturated carbocycles. The van der Waals surface area contributed by atoms with Crippen molar-refractivity contribution in [2.45, 2.75) is 44.7 Å². The minimum atomic E-state index is -0.345. The average molecular weight is 276 g/mol. The third kappa shape index (κ3) is 2.60. The molecule has 0 bridgehead atoms. The molecule has 2 aliphatic heterocycles. The lowest BCUT2D eigenvalue weighted by atomic mass is 9.97. The van der Waals surface area contributed by atoms with Gasteiger partial charge < -0.3 is 10.2 Å². The lowest BCUT2D eigenvalue weighted by molar-refractivity contribution is -0.385. The highest BCUT2D eigenvalue weighted by Gasteiger charge is 2.31. The maximum Gasteiger partial charge on any atom is 0.277 e. The van der Waals surface area contributed by atoms with Crippen molar-refractivity contribution in [1.82, 2.24) is 9.88 Å². The number of rotatable bonds is 3. The van der Waals surface area contributed by atoms with Crippen LogP contribution >= 0.6 is 0 Å². The number of anilines is 1. The number of nitrogens with one attached hydrogen (secondary N) is 1. The maximum atomic E-state index is 11.0.